The van der Waals surface area contributed by atoms with Crippen LogP contribution in [0.25, 0.3) is 10.9 Å². The summed E-state index contributed by atoms with van der Waals surface area (Å²) in [6.07, 6.45) is 4.75. The van der Waals surface area contributed by atoms with Crippen molar-refractivity contribution in [1.29, 1.82) is 0 Å². The number of nitrogen functional groups attached to an aromatic ring is 1. The zero-order chi connectivity index (χ0) is 20.4. The molecule has 1 saturated heterocycles. The number of anilines is 2. The van der Waals surface area contributed by atoms with Crippen LogP contribution in [-0.2, 0) is 0 Å². The average molecular weight is 403 g/mol. The van der Waals surface area contributed by atoms with Gasteiger partial charge in [0.05, 0.1) is 18.2 Å². The molecule has 2 aromatic rings. The van der Waals surface area contributed by atoms with Gasteiger partial charge < -0.3 is 21.1 Å². The summed E-state index contributed by atoms with van der Waals surface area (Å²) in [5.74, 6) is 0.209. The second-order valence-electron chi connectivity index (χ2n) is 8.62. The number of ether oxygens (including phenoxy) is 1. The second-order valence-corrected chi connectivity index (χ2v) is 8.62. The Morgan fingerprint density at radius 1 is 1.17 bits per heavy atom. The molecule has 5 N–H and O–H groups in total. The lowest BCUT2D eigenvalue weighted by Gasteiger charge is -2.29. The number of nitrogens with two attached hydrogens (primary N) is 2. The Labute approximate surface area is 166 Å². The highest BCUT2D eigenvalue weighted by Crippen LogP contribution is 2.47. The first-order valence-electron chi connectivity index (χ1n) is 10.3. The van der Waals surface area contributed by atoms with Crippen molar-refractivity contribution in [1.82, 2.24) is 9.55 Å². The van der Waals surface area contributed by atoms with E-state index in [9.17, 15) is 9.59 Å². The van der Waals surface area contributed by atoms with Crippen molar-refractivity contribution in [3.8, 4) is 5.75 Å². The first-order chi connectivity index (χ1) is 13.9. The molecule has 0 radical (unpaired) electrons. The Balaban J connectivity index is 1.76. The third-order valence-electron chi connectivity index (χ3n) is 6.87. The summed E-state index contributed by atoms with van der Waals surface area (Å²) in [7, 11) is 1.44. The number of H-pyrrole nitrogens is 1. The smallest absolute Gasteiger partial charge is 0.329 e. The highest BCUT2D eigenvalue weighted by atomic mass is 19.1. The standard InChI is InChI=1S/C20H26FN5O3/c1-29-18-16-13(19(27)24-20(28)26(16)10-5-6-10)15(23)14(21)17(18)25-7-9-3-2-4-12(22)11(9)8-25/h9-12H,2-8,22-23H2,1H3,(H,24,27,28). The summed E-state index contributed by atoms with van der Waals surface area (Å²) in [6, 6.07) is 0.0566. The van der Waals surface area contributed by atoms with Gasteiger partial charge in [-0.05, 0) is 37.5 Å². The summed E-state index contributed by atoms with van der Waals surface area (Å²) in [5, 5.41) is -0.0251. The lowest BCUT2D eigenvalue weighted by molar-refractivity contribution is 0.260. The normalized spacial score (nSPS) is 26.7. The molecular weight excluding hydrogens is 377 g/mol. The Morgan fingerprint density at radius 2 is 1.93 bits per heavy atom. The van der Waals surface area contributed by atoms with Gasteiger partial charge in [-0.15, -0.1) is 0 Å². The van der Waals surface area contributed by atoms with E-state index in [0.29, 0.717) is 19.0 Å². The van der Waals surface area contributed by atoms with Crippen LogP contribution >= 0.6 is 0 Å². The van der Waals surface area contributed by atoms with Crippen LogP contribution in [0.3, 0.4) is 0 Å². The molecule has 29 heavy (non-hydrogen) atoms. The molecule has 0 amide bonds. The monoisotopic (exact) mass is 403 g/mol. The number of nitrogens with zero attached hydrogens (tertiary/aromatic N) is 2. The molecule has 156 valence electrons. The van der Waals surface area contributed by atoms with Crippen molar-refractivity contribution in [3.05, 3.63) is 26.7 Å². The minimum atomic E-state index is -0.694. The Morgan fingerprint density at radius 3 is 2.59 bits per heavy atom. The largest absolute Gasteiger partial charge is 0.492 e. The summed E-state index contributed by atoms with van der Waals surface area (Å²) < 4.78 is 22.7. The fourth-order valence-corrected chi connectivity index (χ4v) is 5.33. The highest BCUT2D eigenvalue weighted by Gasteiger charge is 2.41. The van der Waals surface area contributed by atoms with Crippen LogP contribution in [0.4, 0.5) is 15.8 Å². The summed E-state index contributed by atoms with van der Waals surface area (Å²) in [4.78, 5) is 29.3. The Hall–Kier alpha value is -2.55. The quantitative estimate of drug-likeness (QED) is 0.665. The van der Waals surface area contributed by atoms with Crippen molar-refractivity contribution in [2.75, 3.05) is 30.8 Å². The minimum absolute atomic E-state index is 0.0251. The SMILES string of the molecule is COc1c(N2CC3CCCC(N)C3C2)c(F)c(N)c2c(=O)[nH]c(=O)n(C3CC3)c12. The number of rotatable bonds is 3. The predicted octanol–water partition coefficient (Wildman–Crippen LogP) is 1.32. The molecule has 5 rings (SSSR count). The number of aromatic nitrogens is 2. The molecule has 3 fully saturated rings. The van der Waals surface area contributed by atoms with Crippen molar-refractivity contribution in [2.24, 2.45) is 17.6 Å². The van der Waals surface area contributed by atoms with E-state index in [1.54, 1.807) is 0 Å². The molecule has 1 aromatic heterocycles. The van der Waals surface area contributed by atoms with Crippen LogP contribution in [0.2, 0.25) is 0 Å². The molecule has 0 spiro atoms. The number of hydrogen-bond donors (Lipinski definition) is 3. The van der Waals surface area contributed by atoms with E-state index in [4.69, 9.17) is 16.2 Å². The summed E-state index contributed by atoms with van der Waals surface area (Å²) >= 11 is 0. The van der Waals surface area contributed by atoms with Crippen LogP contribution < -0.4 is 32.4 Å². The molecule has 0 bridgehead atoms. The second kappa shape index (κ2) is 6.48. The number of benzene rings is 1. The molecule has 2 saturated carbocycles. The van der Waals surface area contributed by atoms with Crippen LogP contribution in [-0.4, -0.2) is 35.8 Å². The maximum atomic E-state index is 15.5. The number of nitrogens with one attached hydrogen (secondary N) is 1. The third kappa shape index (κ3) is 2.67. The molecule has 3 unspecified atom stereocenters. The predicted molar refractivity (Wildman–Crippen MR) is 109 cm³/mol. The molecule has 1 aromatic carbocycles. The van der Waals surface area contributed by atoms with Crippen LogP contribution in [0.1, 0.15) is 38.1 Å². The van der Waals surface area contributed by atoms with Crippen LogP contribution in [0, 0.1) is 17.7 Å². The number of hydrogen-bond acceptors (Lipinski definition) is 6. The molecular formula is C20H26FN5O3. The molecule has 8 nitrogen and oxygen atoms in total. The van der Waals surface area contributed by atoms with Gasteiger partial charge in [0.2, 0.25) is 0 Å². The van der Waals surface area contributed by atoms with Gasteiger partial charge in [-0.3, -0.25) is 14.3 Å². The van der Waals surface area contributed by atoms with Crippen molar-refractivity contribution >= 4 is 22.3 Å². The summed E-state index contributed by atoms with van der Waals surface area (Å²) in [6.45, 7) is 1.27. The Bertz CT molecular complexity index is 1110. The molecule has 3 atom stereocenters. The van der Waals surface area contributed by atoms with Gasteiger partial charge in [-0.2, -0.15) is 0 Å². The van der Waals surface area contributed by atoms with E-state index in [0.717, 1.165) is 32.1 Å². The van der Waals surface area contributed by atoms with Gasteiger partial charge in [-0.25, -0.2) is 9.18 Å². The van der Waals surface area contributed by atoms with Crippen molar-refractivity contribution < 1.29 is 9.13 Å². The lowest BCUT2D eigenvalue weighted by Crippen LogP contribution is -2.38. The molecule has 3 aliphatic rings. The van der Waals surface area contributed by atoms with Crippen molar-refractivity contribution in [2.45, 2.75) is 44.2 Å². The van der Waals surface area contributed by atoms with Gasteiger partial charge in [-0.1, -0.05) is 6.42 Å². The maximum Gasteiger partial charge on any atom is 0.329 e. The zero-order valence-corrected chi connectivity index (χ0v) is 16.4. The van der Waals surface area contributed by atoms with Gasteiger partial charge in [0, 0.05) is 25.2 Å². The van der Waals surface area contributed by atoms with Crippen LogP contribution in [0.15, 0.2) is 9.59 Å². The van der Waals surface area contributed by atoms with E-state index in [1.165, 1.54) is 11.7 Å². The first kappa shape index (κ1) is 18.5. The van der Waals surface area contributed by atoms with E-state index in [2.05, 4.69) is 4.98 Å². The number of fused-ring (bicyclic) bond motifs is 2. The van der Waals surface area contributed by atoms with Crippen molar-refractivity contribution in [3.63, 3.8) is 0 Å². The van der Waals surface area contributed by atoms with E-state index in [1.807, 2.05) is 4.90 Å². The fraction of sp³-hybridized carbons (Fsp3) is 0.600. The number of aromatic amines is 1. The highest BCUT2D eigenvalue weighted by molar-refractivity contribution is 5.99. The summed E-state index contributed by atoms with van der Waals surface area (Å²) in [5.41, 5.74) is 11.5. The van der Waals surface area contributed by atoms with Gasteiger partial charge in [0.25, 0.3) is 5.56 Å². The molecule has 9 heteroatoms. The maximum absolute atomic E-state index is 15.5. The molecule has 2 aliphatic carbocycles. The molecule has 1 aliphatic heterocycles. The zero-order valence-electron chi connectivity index (χ0n) is 16.4. The van der Waals surface area contributed by atoms with Gasteiger partial charge in [0.1, 0.15) is 11.2 Å². The van der Waals surface area contributed by atoms with E-state index >= 15 is 4.39 Å². The van der Waals surface area contributed by atoms with E-state index in [-0.39, 0.29) is 46.0 Å². The first-order valence-corrected chi connectivity index (χ1v) is 10.3. The lowest BCUT2D eigenvalue weighted by atomic mass is 9.78. The fourth-order valence-electron chi connectivity index (χ4n) is 5.33. The van der Waals surface area contributed by atoms with Crippen LogP contribution in [0.5, 0.6) is 5.75 Å². The minimum Gasteiger partial charge on any atom is -0.492 e. The number of halogens is 1. The Kier molecular flexibility index (Phi) is 4.13. The van der Waals surface area contributed by atoms with E-state index < -0.39 is 17.1 Å². The van der Waals surface area contributed by atoms with Gasteiger partial charge in [0.15, 0.2) is 11.6 Å². The third-order valence-corrected chi connectivity index (χ3v) is 6.87. The topological polar surface area (TPSA) is 119 Å². The molecule has 2 heterocycles. The van der Waals surface area contributed by atoms with Gasteiger partial charge >= 0.3 is 5.69 Å². The average Bonchev–Trinajstić information content (AvgIpc) is 3.41. The number of methoxy groups -OCH3 is 1.